The standard InChI is InChI=1S/C14H17NO2/c1-4-9-15(10-5-2)14(17)12-7-6-8-13(16)11(12)3/h4-8,16H,1-2,9-10H2,3H3. The first-order chi connectivity index (χ1) is 8.11. The van der Waals surface area contributed by atoms with E-state index in [4.69, 9.17) is 0 Å². The van der Waals surface area contributed by atoms with Crippen LogP contribution in [0, 0.1) is 6.92 Å². The molecule has 0 fully saturated rings. The summed E-state index contributed by atoms with van der Waals surface area (Å²) >= 11 is 0. The van der Waals surface area contributed by atoms with Crippen molar-refractivity contribution >= 4 is 5.91 Å². The maximum absolute atomic E-state index is 12.2. The van der Waals surface area contributed by atoms with E-state index in [1.807, 2.05) is 0 Å². The van der Waals surface area contributed by atoms with Crippen LogP contribution in [0.4, 0.5) is 0 Å². The Labute approximate surface area is 102 Å². The van der Waals surface area contributed by atoms with Gasteiger partial charge in [0.2, 0.25) is 0 Å². The van der Waals surface area contributed by atoms with Crippen molar-refractivity contribution in [2.75, 3.05) is 13.1 Å². The lowest BCUT2D eigenvalue weighted by Gasteiger charge is -2.20. The predicted octanol–water partition coefficient (Wildman–Crippen LogP) is 2.51. The second-order valence-corrected chi connectivity index (χ2v) is 3.74. The zero-order chi connectivity index (χ0) is 12.8. The van der Waals surface area contributed by atoms with Crippen molar-refractivity contribution < 1.29 is 9.90 Å². The fraction of sp³-hybridized carbons (Fsp3) is 0.214. The van der Waals surface area contributed by atoms with Crippen LogP contribution in [0.3, 0.4) is 0 Å². The van der Waals surface area contributed by atoms with Gasteiger partial charge in [-0.25, -0.2) is 0 Å². The number of phenolic OH excluding ortho intramolecular Hbond substituents is 1. The second-order valence-electron chi connectivity index (χ2n) is 3.74. The molecule has 3 heteroatoms. The van der Waals surface area contributed by atoms with Gasteiger partial charge in [-0.2, -0.15) is 0 Å². The average Bonchev–Trinajstić information content (AvgIpc) is 2.31. The van der Waals surface area contributed by atoms with Gasteiger partial charge in [-0.3, -0.25) is 4.79 Å². The molecule has 1 rings (SSSR count). The Morgan fingerprint density at radius 1 is 1.35 bits per heavy atom. The molecular weight excluding hydrogens is 214 g/mol. The van der Waals surface area contributed by atoms with E-state index in [1.165, 1.54) is 0 Å². The molecule has 0 unspecified atom stereocenters. The van der Waals surface area contributed by atoms with Crippen molar-refractivity contribution in [2.24, 2.45) is 0 Å². The van der Waals surface area contributed by atoms with Gasteiger partial charge in [-0.05, 0) is 19.1 Å². The Bertz CT molecular complexity index is 428. The first kappa shape index (κ1) is 13.0. The number of hydrogen-bond acceptors (Lipinski definition) is 2. The van der Waals surface area contributed by atoms with E-state index in [0.29, 0.717) is 24.2 Å². The SMILES string of the molecule is C=CCN(CC=C)C(=O)c1cccc(O)c1C. The fourth-order valence-corrected chi connectivity index (χ4v) is 1.58. The Morgan fingerprint density at radius 2 is 1.94 bits per heavy atom. The number of rotatable bonds is 5. The summed E-state index contributed by atoms with van der Waals surface area (Å²) in [6.45, 7) is 9.88. The number of carbonyl (C=O) groups excluding carboxylic acids is 1. The van der Waals surface area contributed by atoms with E-state index in [2.05, 4.69) is 13.2 Å². The number of nitrogens with zero attached hydrogens (tertiary/aromatic N) is 1. The molecule has 0 saturated carbocycles. The van der Waals surface area contributed by atoms with Gasteiger partial charge in [0.05, 0.1) is 0 Å². The summed E-state index contributed by atoms with van der Waals surface area (Å²) in [7, 11) is 0. The van der Waals surface area contributed by atoms with Crippen LogP contribution in [0.1, 0.15) is 15.9 Å². The summed E-state index contributed by atoms with van der Waals surface area (Å²) < 4.78 is 0. The van der Waals surface area contributed by atoms with Crippen molar-refractivity contribution in [2.45, 2.75) is 6.92 Å². The van der Waals surface area contributed by atoms with Crippen LogP contribution in [0.5, 0.6) is 5.75 Å². The van der Waals surface area contributed by atoms with Crippen molar-refractivity contribution in [1.82, 2.24) is 4.90 Å². The molecule has 0 aromatic heterocycles. The quantitative estimate of drug-likeness (QED) is 0.791. The van der Waals surface area contributed by atoms with E-state index in [1.54, 1.807) is 42.2 Å². The van der Waals surface area contributed by atoms with Gasteiger partial charge in [0, 0.05) is 24.2 Å². The highest BCUT2D eigenvalue weighted by molar-refractivity contribution is 5.96. The van der Waals surface area contributed by atoms with Crippen LogP contribution in [0.15, 0.2) is 43.5 Å². The highest BCUT2D eigenvalue weighted by Crippen LogP contribution is 2.20. The Kier molecular flexibility index (Phi) is 4.52. The van der Waals surface area contributed by atoms with E-state index in [-0.39, 0.29) is 11.7 Å². The lowest BCUT2D eigenvalue weighted by Crippen LogP contribution is -2.31. The lowest BCUT2D eigenvalue weighted by molar-refractivity contribution is 0.0789. The summed E-state index contributed by atoms with van der Waals surface area (Å²) in [5.41, 5.74) is 1.10. The minimum absolute atomic E-state index is 0.127. The smallest absolute Gasteiger partial charge is 0.254 e. The number of carbonyl (C=O) groups is 1. The van der Waals surface area contributed by atoms with Crippen LogP contribution >= 0.6 is 0 Å². The zero-order valence-electron chi connectivity index (χ0n) is 10.0. The minimum Gasteiger partial charge on any atom is -0.508 e. The topological polar surface area (TPSA) is 40.5 Å². The molecule has 0 aliphatic rings. The second kappa shape index (κ2) is 5.89. The molecule has 90 valence electrons. The maximum Gasteiger partial charge on any atom is 0.254 e. The third-order valence-electron chi connectivity index (χ3n) is 2.52. The van der Waals surface area contributed by atoms with Gasteiger partial charge in [0.1, 0.15) is 5.75 Å². The van der Waals surface area contributed by atoms with Crippen molar-refractivity contribution in [1.29, 1.82) is 0 Å². The van der Waals surface area contributed by atoms with E-state index in [0.717, 1.165) is 0 Å². The van der Waals surface area contributed by atoms with Crippen LogP contribution in [0.2, 0.25) is 0 Å². The van der Waals surface area contributed by atoms with Gasteiger partial charge in [-0.1, -0.05) is 18.2 Å². The van der Waals surface area contributed by atoms with Gasteiger partial charge in [0.25, 0.3) is 5.91 Å². The number of phenols is 1. The number of amides is 1. The first-order valence-electron chi connectivity index (χ1n) is 5.41. The van der Waals surface area contributed by atoms with Gasteiger partial charge in [0.15, 0.2) is 0 Å². The van der Waals surface area contributed by atoms with E-state index in [9.17, 15) is 9.90 Å². The predicted molar refractivity (Wildman–Crippen MR) is 69.1 cm³/mol. The summed E-state index contributed by atoms with van der Waals surface area (Å²) in [6, 6.07) is 4.93. The van der Waals surface area contributed by atoms with Crippen molar-refractivity contribution in [3.8, 4) is 5.75 Å². The Balaban J connectivity index is 3.04. The lowest BCUT2D eigenvalue weighted by atomic mass is 10.1. The van der Waals surface area contributed by atoms with Gasteiger partial charge < -0.3 is 10.0 Å². The third-order valence-corrected chi connectivity index (χ3v) is 2.52. The molecule has 0 aliphatic heterocycles. The summed E-state index contributed by atoms with van der Waals surface area (Å²) in [5.74, 6) is 0.00575. The minimum atomic E-state index is -0.127. The fourth-order valence-electron chi connectivity index (χ4n) is 1.58. The van der Waals surface area contributed by atoms with E-state index >= 15 is 0 Å². The number of aromatic hydroxyl groups is 1. The average molecular weight is 231 g/mol. The molecule has 1 N–H and O–H groups in total. The molecule has 0 atom stereocenters. The molecule has 0 aliphatic carbocycles. The number of benzene rings is 1. The molecule has 3 nitrogen and oxygen atoms in total. The third kappa shape index (κ3) is 2.97. The van der Waals surface area contributed by atoms with Gasteiger partial charge >= 0.3 is 0 Å². The highest BCUT2D eigenvalue weighted by atomic mass is 16.3. The molecule has 0 heterocycles. The van der Waals surface area contributed by atoms with Crippen LogP contribution in [-0.4, -0.2) is 29.0 Å². The molecule has 1 amide bonds. The summed E-state index contributed by atoms with van der Waals surface area (Å²) in [6.07, 6.45) is 3.33. The monoisotopic (exact) mass is 231 g/mol. The molecule has 0 saturated heterocycles. The largest absolute Gasteiger partial charge is 0.508 e. The Hall–Kier alpha value is -2.03. The van der Waals surface area contributed by atoms with Crippen molar-refractivity contribution in [3.05, 3.63) is 54.6 Å². The zero-order valence-corrected chi connectivity index (χ0v) is 10.0. The van der Waals surface area contributed by atoms with Crippen LogP contribution < -0.4 is 0 Å². The summed E-state index contributed by atoms with van der Waals surface area (Å²) in [5, 5.41) is 9.58. The maximum atomic E-state index is 12.2. The van der Waals surface area contributed by atoms with Crippen LogP contribution in [-0.2, 0) is 0 Å². The Morgan fingerprint density at radius 3 is 2.47 bits per heavy atom. The molecule has 1 aromatic carbocycles. The van der Waals surface area contributed by atoms with Gasteiger partial charge in [-0.15, -0.1) is 13.2 Å². The number of hydrogen-bond donors (Lipinski definition) is 1. The first-order valence-corrected chi connectivity index (χ1v) is 5.41. The molecule has 1 aromatic rings. The molecule has 0 radical (unpaired) electrons. The van der Waals surface area contributed by atoms with Crippen molar-refractivity contribution in [3.63, 3.8) is 0 Å². The molecule has 17 heavy (non-hydrogen) atoms. The van der Waals surface area contributed by atoms with Crippen LogP contribution in [0.25, 0.3) is 0 Å². The molecule has 0 spiro atoms. The summed E-state index contributed by atoms with van der Waals surface area (Å²) in [4.78, 5) is 13.8. The normalized spacial score (nSPS) is 9.71. The molecule has 0 bridgehead atoms. The van der Waals surface area contributed by atoms with E-state index < -0.39 is 0 Å². The molecular formula is C14H17NO2. The highest BCUT2D eigenvalue weighted by Gasteiger charge is 2.16.